The molecule has 0 saturated carbocycles. The summed E-state index contributed by atoms with van der Waals surface area (Å²) in [5, 5.41) is 3.76. The molecule has 0 radical (unpaired) electrons. The summed E-state index contributed by atoms with van der Waals surface area (Å²) in [7, 11) is 2.13. The lowest BCUT2D eigenvalue weighted by atomic mass is 9.99. The second kappa shape index (κ2) is 8.84. The van der Waals surface area contributed by atoms with Gasteiger partial charge in [-0.2, -0.15) is 4.98 Å². The number of fused-ring (bicyclic) bond motifs is 6. The molecule has 0 atom stereocenters. The summed E-state index contributed by atoms with van der Waals surface area (Å²) in [5.41, 5.74) is 5.82. The van der Waals surface area contributed by atoms with Gasteiger partial charge in [0.1, 0.15) is 5.39 Å². The van der Waals surface area contributed by atoms with Crippen molar-refractivity contribution in [3.05, 3.63) is 86.8 Å². The number of aromatic nitrogens is 5. The first-order valence-corrected chi connectivity index (χ1v) is 12.9. The molecule has 10 heteroatoms. The van der Waals surface area contributed by atoms with Gasteiger partial charge in [-0.3, -0.25) is 9.36 Å². The van der Waals surface area contributed by atoms with E-state index in [4.69, 9.17) is 9.40 Å². The SMILES string of the molecule is CN1CCc2ccc(Nc3ncc4c(=O)n5n(c4n3)-c3ccc4oc(=O)n(c4c3)CCCC=CC5)cc2C1. The van der Waals surface area contributed by atoms with E-state index in [1.165, 1.54) is 11.1 Å². The first kappa shape index (κ1) is 22.7. The summed E-state index contributed by atoms with van der Waals surface area (Å²) in [5.74, 6) is 0.0310. The molecule has 3 aromatic heterocycles. The Morgan fingerprint density at radius 2 is 1.95 bits per heavy atom. The van der Waals surface area contributed by atoms with Crippen molar-refractivity contribution in [1.82, 2.24) is 28.8 Å². The van der Waals surface area contributed by atoms with Crippen molar-refractivity contribution >= 4 is 33.8 Å². The summed E-state index contributed by atoms with van der Waals surface area (Å²) in [4.78, 5) is 37.5. The molecule has 5 heterocycles. The van der Waals surface area contributed by atoms with E-state index in [1.54, 1.807) is 26.2 Å². The number of nitrogens with zero attached hydrogens (tertiary/aromatic N) is 6. The van der Waals surface area contributed by atoms with Crippen LogP contribution in [0.2, 0.25) is 0 Å². The third-order valence-corrected chi connectivity index (χ3v) is 7.43. The quantitative estimate of drug-likeness (QED) is 0.363. The standard InChI is InChI=1S/C28H27N7O3/c1-32-13-10-18-6-7-20(14-19(18)17-32)30-27-29-16-22-25(31-27)35-21-8-9-24-23(15-21)33(28(37)38-24)11-4-2-3-5-12-34(35)26(22)36/h3,5-9,14-16H,2,4,10-13,17H2,1H3,(H,29,30,31). The highest BCUT2D eigenvalue weighted by Crippen LogP contribution is 2.25. The fourth-order valence-corrected chi connectivity index (χ4v) is 5.47. The molecule has 0 saturated heterocycles. The van der Waals surface area contributed by atoms with E-state index in [0.29, 0.717) is 41.2 Å². The van der Waals surface area contributed by atoms with Gasteiger partial charge < -0.3 is 14.6 Å². The van der Waals surface area contributed by atoms with E-state index in [-0.39, 0.29) is 11.3 Å². The van der Waals surface area contributed by atoms with E-state index in [1.807, 2.05) is 30.4 Å². The van der Waals surface area contributed by atoms with E-state index >= 15 is 0 Å². The average molecular weight is 510 g/mol. The number of benzene rings is 2. The molecule has 10 nitrogen and oxygen atoms in total. The number of oxazole rings is 1. The van der Waals surface area contributed by atoms with Crippen molar-refractivity contribution in [1.29, 1.82) is 0 Å². The maximum atomic E-state index is 13.5. The van der Waals surface area contributed by atoms with Crippen molar-refractivity contribution in [2.45, 2.75) is 38.9 Å². The predicted molar refractivity (Wildman–Crippen MR) is 145 cm³/mol. The van der Waals surface area contributed by atoms with Gasteiger partial charge in [0.25, 0.3) is 5.56 Å². The topological polar surface area (TPSA) is 103 Å². The van der Waals surface area contributed by atoms with Crippen LogP contribution in [0.25, 0.3) is 27.8 Å². The zero-order valence-corrected chi connectivity index (χ0v) is 21.1. The van der Waals surface area contributed by atoms with Crippen LogP contribution in [-0.2, 0) is 26.1 Å². The monoisotopic (exact) mass is 509 g/mol. The number of anilines is 2. The van der Waals surface area contributed by atoms with Crippen LogP contribution in [0.5, 0.6) is 0 Å². The Kier molecular flexibility index (Phi) is 5.29. The summed E-state index contributed by atoms with van der Waals surface area (Å²) < 4.78 is 10.6. The molecular formula is C28H27N7O3. The number of likely N-dealkylation sites (N-methyl/N-ethyl adjacent to an activating group) is 1. The van der Waals surface area contributed by atoms with E-state index in [2.05, 4.69) is 34.4 Å². The number of allylic oxidation sites excluding steroid dienone is 2. The molecule has 192 valence electrons. The highest BCUT2D eigenvalue weighted by Gasteiger charge is 2.20. The molecule has 0 spiro atoms. The molecule has 0 aliphatic carbocycles. The van der Waals surface area contributed by atoms with Gasteiger partial charge in [-0.05, 0) is 67.8 Å². The van der Waals surface area contributed by atoms with Gasteiger partial charge in [-0.25, -0.2) is 19.1 Å². The van der Waals surface area contributed by atoms with Crippen LogP contribution >= 0.6 is 0 Å². The lowest BCUT2D eigenvalue weighted by Crippen LogP contribution is -2.26. The van der Waals surface area contributed by atoms with Crippen LogP contribution in [-0.4, -0.2) is 42.4 Å². The van der Waals surface area contributed by atoms with Crippen LogP contribution in [0.1, 0.15) is 24.0 Å². The largest absolute Gasteiger partial charge is 0.419 e. The van der Waals surface area contributed by atoms with Crippen molar-refractivity contribution < 1.29 is 4.42 Å². The van der Waals surface area contributed by atoms with Gasteiger partial charge in [-0.15, -0.1) is 0 Å². The molecule has 2 bridgehead atoms. The third-order valence-electron chi connectivity index (χ3n) is 7.43. The summed E-state index contributed by atoms with van der Waals surface area (Å²) in [6, 6.07) is 11.9. The maximum Gasteiger partial charge on any atom is 0.419 e. The Bertz CT molecular complexity index is 1860. The van der Waals surface area contributed by atoms with Crippen LogP contribution in [0.4, 0.5) is 11.6 Å². The molecule has 0 unspecified atom stereocenters. The van der Waals surface area contributed by atoms with Crippen LogP contribution in [0, 0.1) is 0 Å². The Morgan fingerprint density at radius 3 is 2.87 bits per heavy atom. The lowest BCUT2D eigenvalue weighted by Gasteiger charge is -2.25. The van der Waals surface area contributed by atoms with E-state index in [0.717, 1.165) is 43.7 Å². The van der Waals surface area contributed by atoms with Crippen LogP contribution in [0.15, 0.2) is 68.8 Å². The van der Waals surface area contributed by atoms with Gasteiger partial charge in [0.05, 0.1) is 17.7 Å². The number of hydrogen-bond acceptors (Lipinski definition) is 7. The molecule has 0 fully saturated rings. The molecule has 0 amide bonds. The number of rotatable bonds is 2. The average Bonchev–Trinajstić information content (AvgIpc) is 3.36. The van der Waals surface area contributed by atoms with Gasteiger partial charge in [0, 0.05) is 31.5 Å². The van der Waals surface area contributed by atoms with Gasteiger partial charge >= 0.3 is 5.76 Å². The maximum absolute atomic E-state index is 13.5. The predicted octanol–water partition coefficient (Wildman–Crippen LogP) is 3.57. The van der Waals surface area contributed by atoms with E-state index in [9.17, 15) is 9.59 Å². The Hall–Kier alpha value is -4.44. The zero-order chi connectivity index (χ0) is 25.8. The van der Waals surface area contributed by atoms with Gasteiger partial charge in [0.2, 0.25) is 5.95 Å². The van der Waals surface area contributed by atoms with Crippen LogP contribution < -0.4 is 16.6 Å². The minimum absolute atomic E-state index is 0.172. The first-order chi connectivity index (χ1) is 18.5. The normalized spacial score (nSPS) is 15.8. The molecule has 7 rings (SSSR count). The Balaban J connectivity index is 1.37. The third kappa shape index (κ3) is 3.76. The number of hydrogen-bond donors (Lipinski definition) is 1. The number of aryl methyl sites for hydroxylation is 1. The lowest BCUT2D eigenvalue weighted by molar-refractivity contribution is 0.313. The molecule has 5 aromatic rings. The fourth-order valence-electron chi connectivity index (χ4n) is 5.47. The first-order valence-electron chi connectivity index (χ1n) is 12.9. The molecule has 38 heavy (non-hydrogen) atoms. The molecular weight excluding hydrogens is 482 g/mol. The van der Waals surface area contributed by atoms with Crippen LogP contribution in [0.3, 0.4) is 0 Å². The number of nitrogens with one attached hydrogen (secondary N) is 1. The van der Waals surface area contributed by atoms with Crippen molar-refractivity contribution in [3.8, 4) is 5.69 Å². The highest BCUT2D eigenvalue weighted by molar-refractivity contribution is 5.80. The fraction of sp³-hybridized carbons (Fsp3) is 0.286. The highest BCUT2D eigenvalue weighted by atomic mass is 16.4. The zero-order valence-electron chi connectivity index (χ0n) is 21.1. The minimum atomic E-state index is -0.377. The summed E-state index contributed by atoms with van der Waals surface area (Å²) in [6.45, 7) is 2.92. The van der Waals surface area contributed by atoms with Crippen molar-refractivity contribution in [3.63, 3.8) is 0 Å². The van der Waals surface area contributed by atoms with E-state index < -0.39 is 0 Å². The Labute approximate surface area is 217 Å². The smallest absolute Gasteiger partial charge is 0.408 e. The molecule has 2 aliphatic heterocycles. The second-order valence-electron chi connectivity index (χ2n) is 10.0. The molecule has 2 aliphatic rings. The molecule has 2 aromatic carbocycles. The van der Waals surface area contributed by atoms with Gasteiger partial charge in [-0.1, -0.05) is 18.2 Å². The summed E-state index contributed by atoms with van der Waals surface area (Å²) in [6.07, 6.45) is 8.23. The Morgan fingerprint density at radius 1 is 1.03 bits per heavy atom. The minimum Gasteiger partial charge on any atom is -0.408 e. The summed E-state index contributed by atoms with van der Waals surface area (Å²) >= 11 is 0. The molecule has 1 N–H and O–H groups in total. The van der Waals surface area contributed by atoms with Crippen molar-refractivity contribution in [2.75, 3.05) is 18.9 Å². The van der Waals surface area contributed by atoms with Crippen molar-refractivity contribution in [2.24, 2.45) is 0 Å². The van der Waals surface area contributed by atoms with Gasteiger partial charge in [0.15, 0.2) is 11.2 Å². The second-order valence-corrected chi connectivity index (χ2v) is 10.0.